The third kappa shape index (κ3) is 3.65. The Morgan fingerprint density at radius 1 is 0.880 bits per heavy atom. The summed E-state index contributed by atoms with van der Waals surface area (Å²) in [7, 11) is 0. The molecule has 0 bridgehead atoms. The van der Waals surface area contributed by atoms with Crippen molar-refractivity contribution in [2.45, 2.75) is 13.8 Å². The van der Waals surface area contributed by atoms with Crippen molar-refractivity contribution in [3.63, 3.8) is 0 Å². The molecule has 130 valence electrons. The van der Waals surface area contributed by atoms with E-state index in [1.807, 2.05) is 4.90 Å². The minimum Gasteiger partial charge on any atom is -0.545 e. The summed E-state index contributed by atoms with van der Waals surface area (Å²) in [5.74, 6) is -1.30. The van der Waals surface area contributed by atoms with Crippen LogP contribution in [-0.2, 0) is 0 Å². The molecule has 0 atom stereocenters. The monoisotopic (exact) mass is 337 g/mol. The van der Waals surface area contributed by atoms with Gasteiger partial charge in [-0.3, -0.25) is 4.79 Å². The average Bonchev–Trinajstić information content (AvgIpc) is 2.63. The van der Waals surface area contributed by atoms with Crippen molar-refractivity contribution in [1.82, 2.24) is 4.90 Å². The second-order valence-corrected chi connectivity index (χ2v) is 6.43. The van der Waals surface area contributed by atoms with Crippen molar-refractivity contribution in [1.29, 1.82) is 0 Å². The van der Waals surface area contributed by atoms with Gasteiger partial charge in [-0.05, 0) is 48.7 Å². The zero-order valence-electron chi connectivity index (χ0n) is 14.5. The van der Waals surface area contributed by atoms with E-state index in [-0.39, 0.29) is 11.5 Å². The van der Waals surface area contributed by atoms with Crippen LogP contribution in [0.1, 0.15) is 31.8 Å². The summed E-state index contributed by atoms with van der Waals surface area (Å²) < 4.78 is 0. The van der Waals surface area contributed by atoms with E-state index in [1.165, 1.54) is 28.9 Å². The van der Waals surface area contributed by atoms with E-state index in [2.05, 4.69) is 36.9 Å². The largest absolute Gasteiger partial charge is 0.545 e. The normalized spacial score (nSPS) is 14.5. The first-order valence-corrected chi connectivity index (χ1v) is 8.38. The van der Waals surface area contributed by atoms with Gasteiger partial charge in [-0.25, -0.2) is 0 Å². The first-order valence-electron chi connectivity index (χ1n) is 8.38. The maximum Gasteiger partial charge on any atom is 0.253 e. The number of anilines is 1. The van der Waals surface area contributed by atoms with Crippen LogP contribution in [0.15, 0.2) is 42.5 Å². The summed E-state index contributed by atoms with van der Waals surface area (Å²) >= 11 is 0. The van der Waals surface area contributed by atoms with Gasteiger partial charge in [0.2, 0.25) is 0 Å². The Morgan fingerprint density at radius 3 is 2.08 bits per heavy atom. The Kier molecular flexibility index (Phi) is 4.74. The number of benzene rings is 2. The van der Waals surface area contributed by atoms with Gasteiger partial charge in [-0.1, -0.05) is 24.3 Å². The molecule has 1 saturated heterocycles. The van der Waals surface area contributed by atoms with Crippen LogP contribution in [0.25, 0.3) is 0 Å². The number of amides is 1. The molecule has 5 nitrogen and oxygen atoms in total. The number of hydrogen-bond acceptors (Lipinski definition) is 4. The second kappa shape index (κ2) is 6.97. The minimum atomic E-state index is -1.24. The molecule has 0 spiro atoms. The summed E-state index contributed by atoms with van der Waals surface area (Å²) in [6, 6.07) is 12.3. The van der Waals surface area contributed by atoms with Crippen LogP contribution in [0.5, 0.6) is 0 Å². The lowest BCUT2D eigenvalue weighted by atomic mass is 10.1. The molecule has 25 heavy (non-hydrogen) atoms. The number of hydrogen-bond donors (Lipinski definition) is 0. The quantitative estimate of drug-likeness (QED) is 0.854. The van der Waals surface area contributed by atoms with Gasteiger partial charge in [0.1, 0.15) is 0 Å². The number of carboxylic acids is 1. The van der Waals surface area contributed by atoms with E-state index in [0.717, 1.165) is 13.1 Å². The molecule has 1 aliphatic heterocycles. The number of carboxylic acid groups (broad SMARTS) is 1. The van der Waals surface area contributed by atoms with Crippen LogP contribution in [0.3, 0.4) is 0 Å². The molecule has 3 rings (SSSR count). The van der Waals surface area contributed by atoms with Gasteiger partial charge in [0.05, 0.1) is 5.97 Å². The molecule has 2 aromatic carbocycles. The highest BCUT2D eigenvalue weighted by Gasteiger charge is 2.23. The molecule has 0 saturated carbocycles. The van der Waals surface area contributed by atoms with Crippen LogP contribution in [0.4, 0.5) is 5.69 Å². The molecule has 0 unspecified atom stereocenters. The zero-order valence-corrected chi connectivity index (χ0v) is 14.5. The van der Waals surface area contributed by atoms with Gasteiger partial charge in [0.25, 0.3) is 5.91 Å². The average molecular weight is 337 g/mol. The maximum absolute atomic E-state index is 12.6. The number of nitrogens with zero attached hydrogens (tertiary/aromatic N) is 2. The van der Waals surface area contributed by atoms with E-state index in [9.17, 15) is 14.7 Å². The topological polar surface area (TPSA) is 63.7 Å². The standard InChI is InChI=1S/C20H22N2O3/c1-14-3-4-15(2)18(13-14)21-9-11-22(12-10-21)19(23)16-5-7-17(8-6-16)20(24)25/h3-8,13H,9-12H2,1-2H3,(H,24,25)/p-1. The summed E-state index contributed by atoms with van der Waals surface area (Å²) in [6.45, 7) is 7.05. The van der Waals surface area contributed by atoms with Crippen molar-refractivity contribution in [2.24, 2.45) is 0 Å². The third-order valence-electron chi connectivity index (χ3n) is 4.64. The van der Waals surface area contributed by atoms with Crippen LogP contribution in [-0.4, -0.2) is 43.0 Å². The smallest absolute Gasteiger partial charge is 0.253 e. The summed E-state index contributed by atoms with van der Waals surface area (Å²) in [5, 5.41) is 10.8. The number of carbonyl (C=O) groups excluding carboxylic acids is 2. The van der Waals surface area contributed by atoms with Crippen LogP contribution >= 0.6 is 0 Å². The van der Waals surface area contributed by atoms with Crippen molar-refractivity contribution in [2.75, 3.05) is 31.1 Å². The Labute approximate surface area is 147 Å². The lowest BCUT2D eigenvalue weighted by Crippen LogP contribution is -2.49. The first kappa shape index (κ1) is 17.0. The molecule has 1 aliphatic rings. The molecule has 5 heteroatoms. The molecule has 0 aromatic heterocycles. The molecular weight excluding hydrogens is 316 g/mol. The highest BCUT2D eigenvalue weighted by Crippen LogP contribution is 2.23. The van der Waals surface area contributed by atoms with Crippen molar-refractivity contribution in [3.05, 3.63) is 64.7 Å². The molecule has 1 heterocycles. The molecule has 0 aliphatic carbocycles. The van der Waals surface area contributed by atoms with Crippen molar-refractivity contribution < 1.29 is 14.7 Å². The molecule has 1 amide bonds. The Bertz CT molecular complexity index is 791. The lowest BCUT2D eigenvalue weighted by Gasteiger charge is -2.37. The highest BCUT2D eigenvalue weighted by molar-refractivity contribution is 5.95. The van der Waals surface area contributed by atoms with Gasteiger partial charge in [-0.15, -0.1) is 0 Å². The molecule has 0 radical (unpaired) electrons. The number of rotatable bonds is 3. The number of piperazine rings is 1. The van der Waals surface area contributed by atoms with E-state index >= 15 is 0 Å². The predicted octanol–water partition coefficient (Wildman–Crippen LogP) is 1.63. The van der Waals surface area contributed by atoms with Crippen molar-refractivity contribution in [3.8, 4) is 0 Å². The maximum atomic E-state index is 12.6. The molecule has 2 aromatic rings. The van der Waals surface area contributed by atoms with Crippen LogP contribution in [0, 0.1) is 13.8 Å². The fourth-order valence-corrected chi connectivity index (χ4v) is 3.14. The Balaban J connectivity index is 1.66. The summed E-state index contributed by atoms with van der Waals surface area (Å²) in [6.07, 6.45) is 0. The first-order chi connectivity index (χ1) is 12.0. The summed E-state index contributed by atoms with van der Waals surface area (Å²) in [4.78, 5) is 27.5. The van der Waals surface area contributed by atoms with E-state index in [1.54, 1.807) is 12.1 Å². The summed E-state index contributed by atoms with van der Waals surface area (Å²) in [5.41, 5.74) is 4.28. The van der Waals surface area contributed by atoms with E-state index in [4.69, 9.17) is 0 Å². The number of aromatic carboxylic acids is 1. The predicted molar refractivity (Wildman–Crippen MR) is 94.8 cm³/mol. The number of carbonyl (C=O) groups is 2. The van der Waals surface area contributed by atoms with Gasteiger partial charge in [0, 0.05) is 37.4 Å². The highest BCUT2D eigenvalue weighted by atomic mass is 16.4. The minimum absolute atomic E-state index is 0.0643. The molecule has 1 fully saturated rings. The Hall–Kier alpha value is -2.82. The van der Waals surface area contributed by atoms with E-state index in [0.29, 0.717) is 18.7 Å². The Morgan fingerprint density at radius 2 is 1.48 bits per heavy atom. The molecular formula is C20H21N2O3-. The van der Waals surface area contributed by atoms with Gasteiger partial charge < -0.3 is 19.7 Å². The fourth-order valence-electron chi connectivity index (χ4n) is 3.14. The van der Waals surface area contributed by atoms with Gasteiger partial charge in [-0.2, -0.15) is 0 Å². The SMILES string of the molecule is Cc1ccc(C)c(N2CCN(C(=O)c3ccc(C(=O)[O-])cc3)CC2)c1. The zero-order chi connectivity index (χ0) is 18.0. The van der Waals surface area contributed by atoms with Crippen LogP contribution in [0.2, 0.25) is 0 Å². The van der Waals surface area contributed by atoms with Gasteiger partial charge in [0.15, 0.2) is 0 Å². The third-order valence-corrected chi connectivity index (χ3v) is 4.64. The molecule has 0 N–H and O–H groups in total. The lowest BCUT2D eigenvalue weighted by molar-refractivity contribution is -0.255. The van der Waals surface area contributed by atoms with Gasteiger partial charge >= 0.3 is 0 Å². The number of aryl methyl sites for hydroxylation is 2. The second-order valence-electron chi connectivity index (χ2n) is 6.43. The van der Waals surface area contributed by atoms with E-state index < -0.39 is 5.97 Å². The van der Waals surface area contributed by atoms with Crippen LogP contribution < -0.4 is 10.0 Å². The fraction of sp³-hybridized carbons (Fsp3) is 0.300. The van der Waals surface area contributed by atoms with Crippen molar-refractivity contribution >= 4 is 17.6 Å².